The van der Waals surface area contributed by atoms with Crippen molar-refractivity contribution in [3.63, 3.8) is 0 Å². The summed E-state index contributed by atoms with van der Waals surface area (Å²) in [5.41, 5.74) is 0.506. The van der Waals surface area contributed by atoms with Crippen LogP contribution in [0.15, 0.2) is 23.8 Å². The van der Waals surface area contributed by atoms with Crippen LogP contribution >= 0.6 is 0 Å². The molecule has 0 spiro atoms. The number of unbranched alkanes of at least 4 members (excludes halogenated alkanes) is 1. The van der Waals surface area contributed by atoms with Crippen molar-refractivity contribution in [2.24, 2.45) is 0 Å². The molecule has 0 aromatic heterocycles. The molecule has 0 aliphatic rings. The maximum atomic E-state index is 10.1. The third-order valence-corrected chi connectivity index (χ3v) is 1.43. The Bertz CT molecular complexity index is 257. The van der Waals surface area contributed by atoms with E-state index in [1.165, 1.54) is 6.92 Å². The fourth-order valence-corrected chi connectivity index (χ4v) is 0.448. The van der Waals surface area contributed by atoms with Crippen LogP contribution in [-0.4, -0.2) is 17.0 Å². The van der Waals surface area contributed by atoms with E-state index in [1.807, 2.05) is 6.92 Å². The Morgan fingerprint density at radius 3 is 1.94 bits per heavy atom. The minimum atomic E-state index is -1.19. The van der Waals surface area contributed by atoms with Crippen molar-refractivity contribution in [3.05, 3.63) is 23.8 Å². The molecule has 0 unspecified atom stereocenters. The van der Waals surface area contributed by atoms with E-state index in [9.17, 15) is 14.7 Å². The molecule has 0 rings (SSSR count). The molecule has 0 aliphatic heterocycles. The maximum Gasteiger partial charge on any atom is 1.00 e. The molecule has 0 aromatic rings. The van der Waals surface area contributed by atoms with Crippen LogP contribution in [0.3, 0.4) is 0 Å². The minimum Gasteiger partial charge on any atom is -0.545 e. The fraction of sp³-hybridized carbons (Fsp3) is 0.455. The number of allylic oxidation sites excluding steroid dienone is 1. The number of aliphatic carboxylic acids is 2. The summed E-state index contributed by atoms with van der Waals surface area (Å²) in [7, 11) is 0. The van der Waals surface area contributed by atoms with Crippen molar-refractivity contribution in [1.82, 2.24) is 0 Å². The maximum absolute atomic E-state index is 10.1. The Labute approximate surface area is 139 Å². The Kier molecular flexibility index (Phi) is 17.5. The molecule has 4 nitrogen and oxygen atoms in total. The van der Waals surface area contributed by atoms with Crippen molar-refractivity contribution < 1.29 is 71.2 Å². The first-order valence-corrected chi connectivity index (χ1v) is 4.59. The quantitative estimate of drug-likeness (QED) is 0.470. The van der Waals surface area contributed by atoms with E-state index in [0.29, 0.717) is 5.57 Å². The summed E-state index contributed by atoms with van der Waals surface area (Å²) in [6.45, 7) is 8.11. The molecule has 0 saturated heterocycles. The topological polar surface area (TPSA) is 77.4 Å². The second kappa shape index (κ2) is 13.1. The smallest absolute Gasteiger partial charge is 0.545 e. The minimum absolute atomic E-state index is 0. The van der Waals surface area contributed by atoms with E-state index in [-0.39, 0.29) is 57.0 Å². The normalized spacial score (nSPS) is 9.31. The number of carboxylic acid groups (broad SMARTS) is 2. The van der Waals surface area contributed by atoms with E-state index in [2.05, 4.69) is 6.58 Å². The van der Waals surface area contributed by atoms with Crippen LogP contribution in [0.1, 0.15) is 33.6 Å². The third-order valence-electron chi connectivity index (χ3n) is 1.43. The molecule has 5 heteroatoms. The van der Waals surface area contributed by atoms with Gasteiger partial charge in [0.05, 0.1) is 5.97 Å². The first-order valence-electron chi connectivity index (χ1n) is 4.59. The van der Waals surface area contributed by atoms with E-state index < -0.39 is 11.9 Å². The van der Waals surface area contributed by atoms with Gasteiger partial charge in [0.2, 0.25) is 0 Å². The molecular weight excluding hydrogens is 235 g/mol. The van der Waals surface area contributed by atoms with Crippen molar-refractivity contribution in [3.8, 4) is 0 Å². The Morgan fingerprint density at radius 1 is 1.38 bits per heavy atom. The van der Waals surface area contributed by atoms with Crippen LogP contribution in [0.25, 0.3) is 0 Å². The molecule has 0 aromatic carbocycles. The van der Waals surface area contributed by atoms with E-state index in [4.69, 9.17) is 5.11 Å². The second-order valence-electron chi connectivity index (χ2n) is 3.05. The van der Waals surface area contributed by atoms with Crippen LogP contribution in [0.5, 0.6) is 0 Å². The number of hydrogen-bond acceptors (Lipinski definition) is 3. The molecule has 16 heavy (non-hydrogen) atoms. The SMILES string of the molecule is C=C(C)C(=O)[O-].CCCC=C(C)C(=O)O.[K+]. The summed E-state index contributed by atoms with van der Waals surface area (Å²) < 4.78 is 0. The summed E-state index contributed by atoms with van der Waals surface area (Å²) in [4.78, 5) is 19.6. The molecule has 1 N–H and O–H groups in total. The molecule has 0 saturated carbocycles. The van der Waals surface area contributed by atoms with Gasteiger partial charge in [-0.05, 0) is 25.8 Å². The molecule has 0 fully saturated rings. The van der Waals surface area contributed by atoms with E-state index in [0.717, 1.165) is 12.8 Å². The summed E-state index contributed by atoms with van der Waals surface area (Å²) in [6, 6.07) is 0. The molecular formula is C11H17KO4. The van der Waals surface area contributed by atoms with Crippen LogP contribution in [-0.2, 0) is 9.59 Å². The summed E-state index contributed by atoms with van der Waals surface area (Å²) >= 11 is 0. The van der Waals surface area contributed by atoms with Crippen molar-refractivity contribution >= 4 is 11.9 Å². The van der Waals surface area contributed by atoms with Gasteiger partial charge in [0.25, 0.3) is 0 Å². The summed E-state index contributed by atoms with van der Waals surface area (Å²) in [6.07, 6.45) is 3.60. The first-order chi connectivity index (χ1) is 6.82. The molecule has 0 atom stereocenters. The molecule has 0 aliphatic carbocycles. The zero-order valence-electron chi connectivity index (χ0n) is 10.4. The van der Waals surface area contributed by atoms with Gasteiger partial charge in [0.15, 0.2) is 0 Å². The average molecular weight is 252 g/mol. The van der Waals surface area contributed by atoms with Gasteiger partial charge in [0, 0.05) is 5.57 Å². The second-order valence-corrected chi connectivity index (χ2v) is 3.05. The summed E-state index contributed by atoms with van der Waals surface area (Å²) in [5, 5.41) is 17.8. The van der Waals surface area contributed by atoms with Gasteiger partial charge >= 0.3 is 57.4 Å². The van der Waals surface area contributed by atoms with Gasteiger partial charge in [-0.15, -0.1) is 0 Å². The zero-order chi connectivity index (χ0) is 12.4. The van der Waals surface area contributed by atoms with Crippen LogP contribution in [0, 0.1) is 0 Å². The van der Waals surface area contributed by atoms with Crippen molar-refractivity contribution in [1.29, 1.82) is 0 Å². The standard InChI is InChI=1S/C7H12O2.C4H6O2.K/c1-3-4-5-6(2)7(8)9;1-3(2)4(5)6;/h5H,3-4H2,1-2H3,(H,8,9);1H2,2H3,(H,5,6);/q;;+1/p-1. The van der Waals surface area contributed by atoms with Gasteiger partial charge < -0.3 is 15.0 Å². The zero-order valence-corrected chi connectivity index (χ0v) is 13.5. The molecule has 0 heterocycles. The number of carbonyl (C=O) groups excluding carboxylic acids is 1. The van der Waals surface area contributed by atoms with Crippen LogP contribution < -0.4 is 56.5 Å². The van der Waals surface area contributed by atoms with Gasteiger partial charge in [-0.2, -0.15) is 0 Å². The van der Waals surface area contributed by atoms with Crippen LogP contribution in [0.4, 0.5) is 0 Å². The van der Waals surface area contributed by atoms with Crippen molar-refractivity contribution in [2.45, 2.75) is 33.6 Å². The number of rotatable bonds is 4. The first kappa shape index (κ1) is 21.4. The Hall–Kier alpha value is 0.0564. The molecule has 0 radical (unpaired) electrons. The monoisotopic (exact) mass is 252 g/mol. The predicted molar refractivity (Wildman–Crippen MR) is 56.1 cm³/mol. The van der Waals surface area contributed by atoms with E-state index in [1.54, 1.807) is 13.0 Å². The van der Waals surface area contributed by atoms with Crippen molar-refractivity contribution in [2.75, 3.05) is 0 Å². The van der Waals surface area contributed by atoms with Gasteiger partial charge in [-0.25, -0.2) is 4.79 Å². The molecule has 0 bridgehead atoms. The number of hydrogen-bond donors (Lipinski definition) is 1. The van der Waals surface area contributed by atoms with Crippen LogP contribution in [0.2, 0.25) is 0 Å². The van der Waals surface area contributed by atoms with Gasteiger partial charge in [0.1, 0.15) is 0 Å². The number of carboxylic acids is 2. The fourth-order valence-electron chi connectivity index (χ4n) is 0.448. The Morgan fingerprint density at radius 2 is 1.75 bits per heavy atom. The average Bonchev–Trinajstić information content (AvgIpc) is 2.14. The largest absolute Gasteiger partial charge is 1.00 e. The van der Waals surface area contributed by atoms with E-state index >= 15 is 0 Å². The molecule has 86 valence electrons. The number of carbonyl (C=O) groups is 2. The predicted octanol–water partition coefficient (Wildman–Crippen LogP) is -1.87. The van der Waals surface area contributed by atoms with Gasteiger partial charge in [-0.1, -0.05) is 26.0 Å². The third kappa shape index (κ3) is 16.5. The Balaban J connectivity index is -0.000000214. The van der Waals surface area contributed by atoms with Gasteiger partial charge in [-0.3, -0.25) is 0 Å². The molecule has 0 amide bonds. The summed E-state index contributed by atoms with van der Waals surface area (Å²) in [5.74, 6) is -2.00.